The summed E-state index contributed by atoms with van der Waals surface area (Å²) in [5, 5.41) is 3.07. The van der Waals surface area contributed by atoms with E-state index in [-0.39, 0.29) is 11.7 Å². The largest absolute Gasteiger partial charge is 0.354 e. The van der Waals surface area contributed by atoms with Crippen LogP contribution in [0.15, 0.2) is 54.6 Å². The van der Waals surface area contributed by atoms with Crippen LogP contribution >= 0.6 is 0 Å². The van der Waals surface area contributed by atoms with Crippen LogP contribution in [0, 0.1) is 5.82 Å². The summed E-state index contributed by atoms with van der Waals surface area (Å²) in [4.78, 5) is 14.7. The van der Waals surface area contributed by atoms with Gasteiger partial charge in [0.2, 0.25) is 5.91 Å². The maximum absolute atomic E-state index is 13.0. The molecule has 2 aromatic carbocycles. The van der Waals surface area contributed by atoms with Crippen molar-refractivity contribution in [3.63, 3.8) is 0 Å². The number of benzene rings is 2. The van der Waals surface area contributed by atoms with Gasteiger partial charge >= 0.3 is 0 Å². The molecule has 0 aliphatic carbocycles. The first-order valence-electron chi connectivity index (χ1n) is 9.00. The minimum absolute atomic E-state index is 0.0103. The van der Waals surface area contributed by atoms with Gasteiger partial charge in [-0.1, -0.05) is 42.5 Å². The second kappa shape index (κ2) is 8.77. The van der Waals surface area contributed by atoms with Crippen molar-refractivity contribution in [2.24, 2.45) is 0 Å². The number of hydrogen-bond acceptors (Lipinski definition) is 2. The summed E-state index contributed by atoms with van der Waals surface area (Å²) in [5.41, 5.74) is 2.13. The highest BCUT2D eigenvalue weighted by molar-refractivity contribution is 5.78. The molecular formula is C21H25FN2O. The molecule has 1 heterocycles. The topological polar surface area (TPSA) is 32.3 Å². The molecule has 1 aliphatic heterocycles. The van der Waals surface area contributed by atoms with Gasteiger partial charge in [-0.05, 0) is 55.6 Å². The molecule has 2 aromatic rings. The first kappa shape index (κ1) is 17.6. The second-order valence-corrected chi connectivity index (χ2v) is 6.69. The number of nitrogens with zero attached hydrogens (tertiary/aromatic N) is 1. The van der Waals surface area contributed by atoms with E-state index in [1.54, 1.807) is 12.1 Å². The van der Waals surface area contributed by atoms with E-state index in [9.17, 15) is 9.18 Å². The van der Waals surface area contributed by atoms with Gasteiger partial charge in [-0.25, -0.2) is 4.39 Å². The van der Waals surface area contributed by atoms with Crippen molar-refractivity contribution < 1.29 is 9.18 Å². The molecule has 0 radical (unpaired) electrons. The zero-order valence-electron chi connectivity index (χ0n) is 14.5. The van der Waals surface area contributed by atoms with Gasteiger partial charge in [-0.3, -0.25) is 9.69 Å². The number of nitrogens with one attached hydrogen (secondary N) is 1. The summed E-state index contributed by atoms with van der Waals surface area (Å²) < 4.78 is 13.0. The average molecular weight is 340 g/mol. The van der Waals surface area contributed by atoms with E-state index in [2.05, 4.69) is 34.5 Å². The lowest BCUT2D eigenvalue weighted by molar-refractivity contribution is -0.120. The monoisotopic (exact) mass is 340 g/mol. The van der Waals surface area contributed by atoms with Crippen LogP contribution in [-0.2, 0) is 17.6 Å². The Morgan fingerprint density at radius 2 is 1.68 bits per heavy atom. The molecule has 1 aliphatic rings. The summed E-state index contributed by atoms with van der Waals surface area (Å²) in [6.45, 7) is 2.85. The fourth-order valence-electron chi connectivity index (χ4n) is 3.41. The highest BCUT2D eigenvalue weighted by Gasteiger charge is 2.22. The Morgan fingerprint density at radius 3 is 2.36 bits per heavy atom. The zero-order valence-corrected chi connectivity index (χ0v) is 14.5. The molecule has 1 saturated heterocycles. The smallest absolute Gasteiger partial charge is 0.224 e. The maximum Gasteiger partial charge on any atom is 0.224 e. The highest BCUT2D eigenvalue weighted by Crippen LogP contribution is 2.15. The van der Waals surface area contributed by atoms with Crippen molar-refractivity contribution in [3.05, 3.63) is 71.5 Å². The number of hydrogen-bond donors (Lipinski definition) is 1. The van der Waals surface area contributed by atoms with Crippen LogP contribution in [0.25, 0.3) is 0 Å². The summed E-state index contributed by atoms with van der Waals surface area (Å²) in [7, 11) is 0. The Bertz CT molecular complexity index is 666. The molecule has 1 unspecified atom stereocenters. The van der Waals surface area contributed by atoms with Crippen molar-refractivity contribution >= 4 is 5.91 Å². The Morgan fingerprint density at radius 1 is 1.00 bits per heavy atom. The molecule has 1 N–H and O–H groups in total. The van der Waals surface area contributed by atoms with Crippen molar-refractivity contribution in [1.29, 1.82) is 0 Å². The number of rotatable bonds is 7. The summed E-state index contributed by atoms with van der Waals surface area (Å²) in [5.74, 6) is -0.287. The van der Waals surface area contributed by atoms with E-state index >= 15 is 0 Å². The van der Waals surface area contributed by atoms with E-state index in [1.807, 2.05) is 6.07 Å². The molecule has 3 rings (SSSR count). The molecule has 1 amide bonds. The van der Waals surface area contributed by atoms with E-state index < -0.39 is 0 Å². The first-order chi connectivity index (χ1) is 12.2. The Hall–Kier alpha value is -2.20. The number of amides is 1. The zero-order chi connectivity index (χ0) is 17.5. The second-order valence-electron chi connectivity index (χ2n) is 6.69. The molecule has 0 bridgehead atoms. The highest BCUT2D eigenvalue weighted by atomic mass is 19.1. The molecule has 1 atom stereocenters. The number of carbonyl (C=O) groups excluding carboxylic acids is 1. The van der Waals surface area contributed by atoms with Gasteiger partial charge in [-0.2, -0.15) is 0 Å². The maximum atomic E-state index is 13.0. The predicted octanol–water partition coefficient (Wildman–Crippen LogP) is 3.19. The molecule has 3 nitrogen and oxygen atoms in total. The number of halogens is 1. The average Bonchev–Trinajstić information content (AvgIpc) is 3.16. The van der Waals surface area contributed by atoms with Gasteiger partial charge in [-0.15, -0.1) is 0 Å². The third-order valence-electron chi connectivity index (χ3n) is 4.78. The fraction of sp³-hybridized carbons (Fsp3) is 0.381. The van der Waals surface area contributed by atoms with Gasteiger partial charge in [0, 0.05) is 12.6 Å². The van der Waals surface area contributed by atoms with Crippen LogP contribution in [0.5, 0.6) is 0 Å². The molecule has 1 fully saturated rings. The fourth-order valence-corrected chi connectivity index (χ4v) is 3.41. The lowest BCUT2D eigenvalue weighted by atomic mass is 10.0. The molecular weight excluding hydrogens is 315 g/mol. The van der Waals surface area contributed by atoms with E-state index in [0.717, 1.165) is 25.1 Å². The third-order valence-corrected chi connectivity index (χ3v) is 4.78. The van der Waals surface area contributed by atoms with Crippen molar-refractivity contribution in [3.8, 4) is 0 Å². The summed E-state index contributed by atoms with van der Waals surface area (Å²) in [6.07, 6.45) is 3.69. The van der Waals surface area contributed by atoms with Gasteiger partial charge < -0.3 is 5.32 Å². The number of carbonyl (C=O) groups is 1. The van der Waals surface area contributed by atoms with Crippen LogP contribution in [0.2, 0.25) is 0 Å². The molecule has 0 spiro atoms. The van der Waals surface area contributed by atoms with Gasteiger partial charge in [0.15, 0.2) is 0 Å². The van der Waals surface area contributed by atoms with E-state index in [4.69, 9.17) is 0 Å². The molecule has 0 aromatic heterocycles. The predicted molar refractivity (Wildman–Crippen MR) is 97.9 cm³/mol. The van der Waals surface area contributed by atoms with Crippen LogP contribution in [-0.4, -0.2) is 36.5 Å². The third kappa shape index (κ3) is 5.40. The minimum atomic E-state index is -0.277. The van der Waals surface area contributed by atoms with E-state index in [0.29, 0.717) is 19.0 Å². The van der Waals surface area contributed by atoms with Crippen LogP contribution in [0.4, 0.5) is 4.39 Å². The normalized spacial score (nSPS) is 15.9. The first-order valence-corrected chi connectivity index (χ1v) is 9.00. The van der Waals surface area contributed by atoms with Gasteiger partial charge in [0.1, 0.15) is 5.82 Å². The van der Waals surface area contributed by atoms with Gasteiger partial charge in [0.25, 0.3) is 0 Å². The SMILES string of the molecule is O=C(Cc1ccc(F)cc1)NCC(Cc1ccccc1)N1CCCC1. The van der Waals surface area contributed by atoms with Crippen molar-refractivity contribution in [2.45, 2.75) is 31.7 Å². The van der Waals surface area contributed by atoms with Gasteiger partial charge in [0.05, 0.1) is 6.42 Å². The molecule has 0 saturated carbocycles. The Labute approximate surface area is 148 Å². The van der Waals surface area contributed by atoms with Crippen LogP contribution in [0.1, 0.15) is 24.0 Å². The molecule has 25 heavy (non-hydrogen) atoms. The van der Waals surface area contributed by atoms with Crippen LogP contribution < -0.4 is 5.32 Å². The Kier molecular flexibility index (Phi) is 6.18. The lowest BCUT2D eigenvalue weighted by Crippen LogP contribution is -2.44. The van der Waals surface area contributed by atoms with E-state index in [1.165, 1.54) is 30.5 Å². The standard InChI is InChI=1S/C21H25FN2O/c22-19-10-8-18(9-11-19)15-21(25)23-16-20(24-12-4-5-13-24)14-17-6-2-1-3-7-17/h1-3,6-11,20H,4-5,12-16H2,(H,23,25). The number of likely N-dealkylation sites (tertiary alicyclic amines) is 1. The summed E-state index contributed by atoms with van der Waals surface area (Å²) >= 11 is 0. The molecule has 132 valence electrons. The Balaban J connectivity index is 1.56. The quantitative estimate of drug-likeness (QED) is 0.839. The van der Waals surface area contributed by atoms with Crippen LogP contribution in [0.3, 0.4) is 0 Å². The molecule has 4 heteroatoms. The minimum Gasteiger partial charge on any atom is -0.354 e. The van der Waals surface area contributed by atoms with Crippen molar-refractivity contribution in [1.82, 2.24) is 10.2 Å². The summed E-state index contributed by atoms with van der Waals surface area (Å²) in [6, 6.07) is 16.9. The lowest BCUT2D eigenvalue weighted by Gasteiger charge is -2.28. The van der Waals surface area contributed by atoms with Crippen molar-refractivity contribution in [2.75, 3.05) is 19.6 Å².